The van der Waals surface area contributed by atoms with Gasteiger partial charge < -0.3 is 9.73 Å². The second kappa shape index (κ2) is 7.58. The number of hydrogen-bond donors (Lipinski definition) is 1. The van der Waals surface area contributed by atoms with Gasteiger partial charge in [-0.3, -0.25) is 4.79 Å². The highest BCUT2D eigenvalue weighted by atomic mass is 35.5. The van der Waals surface area contributed by atoms with E-state index in [1.165, 1.54) is 17.4 Å². The van der Waals surface area contributed by atoms with Crippen LogP contribution in [0.15, 0.2) is 63.1 Å². The highest BCUT2D eigenvalue weighted by Gasteiger charge is 2.11. The molecule has 1 amide bonds. The van der Waals surface area contributed by atoms with Crippen LogP contribution in [0.4, 0.5) is 5.69 Å². The Balaban J connectivity index is 1.49. The molecule has 28 heavy (non-hydrogen) atoms. The van der Waals surface area contributed by atoms with Gasteiger partial charge in [0.2, 0.25) is 5.91 Å². The fourth-order valence-electron chi connectivity index (χ4n) is 2.91. The fraction of sp³-hybridized carbons (Fsp3) is 0.0952. The Kier molecular flexibility index (Phi) is 4.98. The summed E-state index contributed by atoms with van der Waals surface area (Å²) >= 11 is 7.49. The Labute approximate surface area is 169 Å². The van der Waals surface area contributed by atoms with Crippen molar-refractivity contribution in [1.29, 1.82) is 0 Å². The van der Waals surface area contributed by atoms with Crippen molar-refractivity contribution in [2.75, 3.05) is 5.32 Å². The van der Waals surface area contributed by atoms with E-state index < -0.39 is 5.63 Å². The number of halogens is 1. The van der Waals surface area contributed by atoms with E-state index in [9.17, 15) is 9.59 Å². The molecule has 0 fully saturated rings. The van der Waals surface area contributed by atoms with E-state index >= 15 is 0 Å². The number of thiazole rings is 1. The summed E-state index contributed by atoms with van der Waals surface area (Å²) in [5.41, 5.74) is 3.03. The quantitative estimate of drug-likeness (QED) is 0.477. The number of nitrogens with one attached hydrogen (secondary N) is 1. The summed E-state index contributed by atoms with van der Waals surface area (Å²) in [6, 6.07) is 14.1. The van der Waals surface area contributed by atoms with Crippen LogP contribution >= 0.6 is 22.9 Å². The second-order valence-corrected chi connectivity index (χ2v) is 7.63. The van der Waals surface area contributed by atoms with Gasteiger partial charge in [0.1, 0.15) is 10.6 Å². The molecule has 7 heteroatoms. The van der Waals surface area contributed by atoms with Gasteiger partial charge in [-0.25, -0.2) is 9.78 Å². The third-order valence-electron chi connectivity index (χ3n) is 4.20. The van der Waals surface area contributed by atoms with Gasteiger partial charge in [-0.15, -0.1) is 11.3 Å². The van der Waals surface area contributed by atoms with Crippen molar-refractivity contribution >= 4 is 45.5 Å². The Morgan fingerprint density at radius 2 is 2.07 bits per heavy atom. The number of amides is 1. The number of anilines is 1. The van der Waals surface area contributed by atoms with Gasteiger partial charge in [-0.05, 0) is 36.8 Å². The van der Waals surface area contributed by atoms with Gasteiger partial charge in [0.05, 0.1) is 12.1 Å². The van der Waals surface area contributed by atoms with Crippen molar-refractivity contribution in [3.05, 3.63) is 80.6 Å². The number of rotatable bonds is 4. The number of carbonyl (C=O) groups excluding carboxylic acids is 1. The molecule has 0 aliphatic rings. The molecule has 0 bridgehead atoms. The lowest BCUT2D eigenvalue weighted by molar-refractivity contribution is -0.115. The summed E-state index contributed by atoms with van der Waals surface area (Å²) in [7, 11) is 0. The van der Waals surface area contributed by atoms with Crippen LogP contribution in [0.5, 0.6) is 0 Å². The maximum atomic E-state index is 12.4. The maximum absolute atomic E-state index is 12.4. The van der Waals surface area contributed by atoms with Gasteiger partial charge in [-0.1, -0.05) is 23.7 Å². The van der Waals surface area contributed by atoms with Gasteiger partial charge >= 0.3 is 5.63 Å². The van der Waals surface area contributed by atoms with Crippen LogP contribution in [0, 0.1) is 6.92 Å². The normalized spacial score (nSPS) is 10.9. The van der Waals surface area contributed by atoms with E-state index in [1.54, 1.807) is 18.2 Å². The lowest BCUT2D eigenvalue weighted by atomic mass is 10.1. The standard InChI is InChI=1S/C21H15ClN2O3S/c1-12-7-20(26)27-18-9-15(5-6-17(12)18)23-19(25)10-16-11-28-21(24-16)13-3-2-4-14(22)8-13/h2-9,11H,10H2,1H3,(H,23,25). The summed E-state index contributed by atoms with van der Waals surface area (Å²) in [6.45, 7) is 1.84. The van der Waals surface area contributed by atoms with Crippen LogP contribution < -0.4 is 10.9 Å². The average Bonchev–Trinajstić information content (AvgIpc) is 3.09. The average molecular weight is 411 g/mol. The minimum atomic E-state index is -0.413. The number of nitrogens with zero attached hydrogens (tertiary/aromatic N) is 1. The minimum absolute atomic E-state index is 0.146. The molecule has 5 nitrogen and oxygen atoms in total. The van der Waals surface area contributed by atoms with Crippen LogP contribution in [-0.2, 0) is 11.2 Å². The van der Waals surface area contributed by atoms with Gasteiger partial charge in [0.15, 0.2) is 0 Å². The lowest BCUT2D eigenvalue weighted by Gasteiger charge is -2.06. The van der Waals surface area contributed by atoms with Gasteiger partial charge in [0.25, 0.3) is 0 Å². The Morgan fingerprint density at radius 3 is 2.89 bits per heavy atom. The number of aromatic nitrogens is 1. The first kappa shape index (κ1) is 18.4. The molecular weight excluding hydrogens is 396 g/mol. The molecule has 0 aliphatic carbocycles. The van der Waals surface area contributed by atoms with Crippen molar-refractivity contribution in [1.82, 2.24) is 4.98 Å². The molecule has 4 rings (SSSR count). The van der Waals surface area contributed by atoms with Crippen LogP contribution in [0.25, 0.3) is 21.5 Å². The van der Waals surface area contributed by atoms with Gasteiger partial charge in [-0.2, -0.15) is 0 Å². The van der Waals surface area contributed by atoms with Crippen LogP contribution in [0.2, 0.25) is 5.02 Å². The Bertz CT molecular complexity index is 1250. The smallest absolute Gasteiger partial charge is 0.336 e. The predicted octanol–water partition coefficient (Wildman–Crippen LogP) is 5.06. The van der Waals surface area contributed by atoms with E-state index in [-0.39, 0.29) is 12.3 Å². The highest BCUT2D eigenvalue weighted by molar-refractivity contribution is 7.13. The molecule has 2 heterocycles. The van der Waals surface area contributed by atoms with Gasteiger partial charge in [0, 0.05) is 39.2 Å². The van der Waals surface area contributed by atoms with E-state index in [4.69, 9.17) is 16.0 Å². The molecule has 140 valence electrons. The summed E-state index contributed by atoms with van der Waals surface area (Å²) in [5, 5.41) is 6.98. The summed E-state index contributed by atoms with van der Waals surface area (Å²) in [4.78, 5) is 28.5. The summed E-state index contributed by atoms with van der Waals surface area (Å²) in [5.74, 6) is -0.197. The first-order valence-corrected chi connectivity index (χ1v) is 9.78. The summed E-state index contributed by atoms with van der Waals surface area (Å²) in [6.07, 6.45) is 0.146. The van der Waals surface area contributed by atoms with E-state index in [0.29, 0.717) is 22.0 Å². The molecule has 1 N–H and O–H groups in total. The molecule has 0 atom stereocenters. The zero-order valence-electron chi connectivity index (χ0n) is 14.9. The first-order chi connectivity index (χ1) is 13.5. The number of aryl methyl sites for hydroxylation is 1. The molecule has 0 unspecified atom stereocenters. The molecule has 2 aromatic carbocycles. The van der Waals surface area contributed by atoms with E-state index in [2.05, 4.69) is 10.3 Å². The Morgan fingerprint density at radius 1 is 1.21 bits per heavy atom. The largest absolute Gasteiger partial charge is 0.423 e. The Hall–Kier alpha value is -2.96. The molecule has 0 radical (unpaired) electrons. The topological polar surface area (TPSA) is 72.2 Å². The third kappa shape index (κ3) is 3.98. The fourth-order valence-corrected chi connectivity index (χ4v) is 3.92. The zero-order valence-corrected chi connectivity index (χ0v) is 16.4. The van der Waals surface area contributed by atoms with E-state index in [1.807, 2.05) is 36.6 Å². The molecule has 0 aliphatic heterocycles. The molecule has 0 saturated heterocycles. The van der Waals surface area contributed by atoms with Crippen LogP contribution in [0.1, 0.15) is 11.3 Å². The number of carbonyl (C=O) groups is 1. The lowest BCUT2D eigenvalue weighted by Crippen LogP contribution is -2.14. The van der Waals surface area contributed by atoms with Crippen molar-refractivity contribution in [3.8, 4) is 10.6 Å². The molecule has 2 aromatic heterocycles. The van der Waals surface area contributed by atoms with Crippen LogP contribution in [-0.4, -0.2) is 10.9 Å². The third-order valence-corrected chi connectivity index (χ3v) is 5.38. The van der Waals surface area contributed by atoms with Crippen molar-refractivity contribution in [2.45, 2.75) is 13.3 Å². The number of hydrogen-bond acceptors (Lipinski definition) is 5. The monoisotopic (exact) mass is 410 g/mol. The zero-order chi connectivity index (χ0) is 19.7. The number of fused-ring (bicyclic) bond motifs is 1. The molecule has 0 saturated carbocycles. The van der Waals surface area contributed by atoms with Crippen molar-refractivity contribution in [2.24, 2.45) is 0 Å². The number of benzene rings is 2. The SMILES string of the molecule is Cc1cc(=O)oc2cc(NC(=O)Cc3csc(-c4cccc(Cl)c4)n3)ccc12. The highest BCUT2D eigenvalue weighted by Crippen LogP contribution is 2.26. The minimum Gasteiger partial charge on any atom is -0.423 e. The van der Waals surface area contributed by atoms with Crippen molar-refractivity contribution in [3.63, 3.8) is 0 Å². The predicted molar refractivity (Wildman–Crippen MR) is 112 cm³/mol. The summed E-state index contributed by atoms with van der Waals surface area (Å²) < 4.78 is 5.22. The first-order valence-electron chi connectivity index (χ1n) is 8.53. The van der Waals surface area contributed by atoms with E-state index in [0.717, 1.165) is 21.5 Å². The van der Waals surface area contributed by atoms with Crippen LogP contribution in [0.3, 0.4) is 0 Å². The van der Waals surface area contributed by atoms with Crippen molar-refractivity contribution < 1.29 is 9.21 Å². The maximum Gasteiger partial charge on any atom is 0.336 e. The molecular formula is C21H15ClN2O3S. The molecule has 0 spiro atoms. The second-order valence-electron chi connectivity index (χ2n) is 6.34. The molecule has 4 aromatic rings.